The standard InChI is InChI=1S/C11H9ClF2N2OS/c12-5-2-1-3-6-8(5)9(15)10(18-6)11(17)16-4-7(13)14/h1-3,7H,4,15H2,(H,16,17). The highest BCUT2D eigenvalue weighted by Crippen LogP contribution is 2.37. The molecular weight excluding hydrogens is 282 g/mol. The van der Waals surface area contributed by atoms with E-state index in [0.717, 1.165) is 16.0 Å². The molecule has 7 heteroatoms. The molecule has 18 heavy (non-hydrogen) atoms. The molecular formula is C11H9ClF2N2OS. The number of benzene rings is 1. The fourth-order valence-electron chi connectivity index (χ4n) is 1.55. The number of hydrogen-bond donors (Lipinski definition) is 2. The normalized spacial score (nSPS) is 11.1. The molecule has 0 atom stereocenters. The van der Waals surface area contributed by atoms with E-state index in [4.69, 9.17) is 17.3 Å². The number of carbonyl (C=O) groups excluding carboxylic acids is 1. The van der Waals surface area contributed by atoms with E-state index in [9.17, 15) is 13.6 Å². The van der Waals surface area contributed by atoms with E-state index >= 15 is 0 Å². The van der Waals surface area contributed by atoms with Gasteiger partial charge < -0.3 is 11.1 Å². The molecule has 1 aromatic carbocycles. The van der Waals surface area contributed by atoms with E-state index in [1.807, 2.05) is 0 Å². The summed E-state index contributed by atoms with van der Waals surface area (Å²) in [6, 6.07) is 5.17. The second kappa shape index (κ2) is 5.07. The van der Waals surface area contributed by atoms with Crippen LogP contribution in [-0.2, 0) is 0 Å². The number of hydrogen-bond acceptors (Lipinski definition) is 3. The molecule has 0 aliphatic heterocycles. The van der Waals surface area contributed by atoms with Gasteiger partial charge in [0.2, 0.25) is 0 Å². The minimum atomic E-state index is -2.59. The van der Waals surface area contributed by atoms with Gasteiger partial charge in [-0.15, -0.1) is 11.3 Å². The predicted octanol–water partition coefficient (Wildman–Crippen LogP) is 3.13. The molecule has 0 aliphatic carbocycles. The van der Waals surface area contributed by atoms with Gasteiger partial charge in [-0.05, 0) is 12.1 Å². The lowest BCUT2D eigenvalue weighted by molar-refractivity contribution is 0.0896. The molecule has 96 valence electrons. The summed E-state index contributed by atoms with van der Waals surface area (Å²) in [5.41, 5.74) is 6.05. The third kappa shape index (κ3) is 2.39. The molecule has 0 saturated heterocycles. The number of nitrogens with two attached hydrogens (primary N) is 1. The average molecular weight is 291 g/mol. The minimum Gasteiger partial charge on any atom is -0.397 e. The van der Waals surface area contributed by atoms with Crippen LogP contribution >= 0.6 is 22.9 Å². The molecule has 2 aromatic rings. The zero-order valence-electron chi connectivity index (χ0n) is 9.04. The number of alkyl halides is 2. The Bertz CT molecular complexity index is 600. The summed E-state index contributed by atoms with van der Waals surface area (Å²) in [7, 11) is 0. The van der Waals surface area contributed by atoms with Gasteiger partial charge in [0.1, 0.15) is 4.88 Å². The number of carbonyl (C=O) groups is 1. The molecule has 1 amide bonds. The first-order valence-corrected chi connectivity index (χ1v) is 6.23. The zero-order chi connectivity index (χ0) is 13.3. The average Bonchev–Trinajstić information content (AvgIpc) is 2.65. The van der Waals surface area contributed by atoms with Crippen molar-refractivity contribution in [3.8, 4) is 0 Å². The van der Waals surface area contributed by atoms with Gasteiger partial charge in [-0.1, -0.05) is 17.7 Å². The predicted molar refractivity (Wildman–Crippen MR) is 69.6 cm³/mol. The lowest BCUT2D eigenvalue weighted by atomic mass is 10.2. The summed E-state index contributed by atoms with van der Waals surface area (Å²) < 4.78 is 24.8. The molecule has 1 heterocycles. The first-order valence-electron chi connectivity index (χ1n) is 5.03. The van der Waals surface area contributed by atoms with E-state index < -0.39 is 18.9 Å². The van der Waals surface area contributed by atoms with Crippen LogP contribution in [-0.4, -0.2) is 18.9 Å². The van der Waals surface area contributed by atoms with E-state index in [0.29, 0.717) is 10.4 Å². The van der Waals surface area contributed by atoms with Gasteiger partial charge in [0.25, 0.3) is 12.3 Å². The third-order valence-electron chi connectivity index (χ3n) is 2.32. The van der Waals surface area contributed by atoms with Crippen molar-refractivity contribution in [3.63, 3.8) is 0 Å². The number of nitrogen functional groups attached to an aromatic ring is 1. The van der Waals surface area contributed by atoms with Crippen LogP contribution in [0.15, 0.2) is 18.2 Å². The number of anilines is 1. The molecule has 0 radical (unpaired) electrons. The number of nitrogens with one attached hydrogen (secondary N) is 1. The van der Waals surface area contributed by atoms with Crippen molar-refractivity contribution < 1.29 is 13.6 Å². The fraction of sp³-hybridized carbons (Fsp3) is 0.182. The Balaban J connectivity index is 2.37. The van der Waals surface area contributed by atoms with E-state index in [1.165, 1.54) is 0 Å². The molecule has 0 unspecified atom stereocenters. The van der Waals surface area contributed by atoms with Crippen molar-refractivity contribution in [3.05, 3.63) is 28.1 Å². The Morgan fingerprint density at radius 1 is 1.50 bits per heavy atom. The van der Waals surface area contributed by atoms with Crippen LogP contribution in [0.3, 0.4) is 0 Å². The maximum Gasteiger partial charge on any atom is 0.263 e. The molecule has 0 aliphatic rings. The molecule has 3 N–H and O–H groups in total. The summed E-state index contributed by atoms with van der Waals surface area (Å²) in [5.74, 6) is -0.606. The smallest absolute Gasteiger partial charge is 0.263 e. The van der Waals surface area contributed by atoms with Crippen LogP contribution in [0.4, 0.5) is 14.5 Å². The van der Waals surface area contributed by atoms with Gasteiger partial charge in [-0.2, -0.15) is 0 Å². The minimum absolute atomic E-state index is 0.207. The summed E-state index contributed by atoms with van der Waals surface area (Å²) in [5, 5.41) is 3.15. The second-order valence-electron chi connectivity index (χ2n) is 3.56. The SMILES string of the molecule is Nc1c(C(=O)NCC(F)F)sc2cccc(Cl)c12. The Morgan fingerprint density at radius 3 is 2.83 bits per heavy atom. The quantitative estimate of drug-likeness (QED) is 0.912. The highest BCUT2D eigenvalue weighted by molar-refractivity contribution is 7.21. The Kier molecular flexibility index (Phi) is 3.68. The first-order chi connectivity index (χ1) is 8.50. The summed E-state index contributed by atoms with van der Waals surface area (Å²) >= 11 is 7.11. The van der Waals surface area contributed by atoms with Crippen LogP contribution in [0.2, 0.25) is 5.02 Å². The van der Waals surface area contributed by atoms with Crippen LogP contribution in [0.25, 0.3) is 10.1 Å². The monoisotopic (exact) mass is 290 g/mol. The lowest BCUT2D eigenvalue weighted by Crippen LogP contribution is -2.28. The molecule has 2 rings (SSSR count). The largest absolute Gasteiger partial charge is 0.397 e. The van der Waals surface area contributed by atoms with Crippen molar-refractivity contribution in [1.82, 2.24) is 5.32 Å². The maximum atomic E-state index is 12.0. The molecule has 1 aromatic heterocycles. The number of rotatable bonds is 3. The lowest BCUT2D eigenvalue weighted by Gasteiger charge is -2.03. The number of fused-ring (bicyclic) bond motifs is 1. The number of amides is 1. The van der Waals surface area contributed by atoms with Crippen LogP contribution < -0.4 is 11.1 Å². The topological polar surface area (TPSA) is 55.1 Å². The van der Waals surface area contributed by atoms with Gasteiger partial charge in [-0.3, -0.25) is 4.79 Å². The molecule has 0 spiro atoms. The van der Waals surface area contributed by atoms with Crippen molar-refractivity contribution in [2.75, 3.05) is 12.3 Å². The summed E-state index contributed by atoms with van der Waals surface area (Å²) in [6.45, 7) is -0.694. The Hall–Kier alpha value is -1.40. The second-order valence-corrected chi connectivity index (χ2v) is 5.02. The van der Waals surface area contributed by atoms with Crippen molar-refractivity contribution in [2.45, 2.75) is 6.43 Å². The molecule has 3 nitrogen and oxygen atoms in total. The van der Waals surface area contributed by atoms with Gasteiger partial charge in [0.15, 0.2) is 0 Å². The van der Waals surface area contributed by atoms with Crippen LogP contribution in [0.5, 0.6) is 0 Å². The van der Waals surface area contributed by atoms with E-state index in [-0.39, 0.29) is 10.6 Å². The summed E-state index contributed by atoms with van der Waals surface area (Å²) in [4.78, 5) is 11.9. The maximum absolute atomic E-state index is 12.0. The van der Waals surface area contributed by atoms with Crippen molar-refractivity contribution in [1.29, 1.82) is 0 Å². The van der Waals surface area contributed by atoms with Gasteiger partial charge in [0.05, 0.1) is 17.3 Å². The number of halogens is 3. The third-order valence-corrected chi connectivity index (χ3v) is 3.81. The highest BCUT2D eigenvalue weighted by Gasteiger charge is 2.18. The summed E-state index contributed by atoms with van der Waals surface area (Å²) in [6.07, 6.45) is -2.59. The van der Waals surface area contributed by atoms with Gasteiger partial charge >= 0.3 is 0 Å². The van der Waals surface area contributed by atoms with Crippen molar-refractivity contribution in [2.24, 2.45) is 0 Å². The van der Waals surface area contributed by atoms with Gasteiger partial charge in [0, 0.05) is 10.1 Å². The molecule has 0 bridgehead atoms. The Labute approximate surface area is 111 Å². The molecule has 0 saturated carbocycles. The first kappa shape index (κ1) is 13.0. The van der Waals surface area contributed by atoms with Crippen LogP contribution in [0.1, 0.15) is 9.67 Å². The number of thiophene rings is 1. The zero-order valence-corrected chi connectivity index (χ0v) is 10.6. The van der Waals surface area contributed by atoms with Crippen LogP contribution in [0, 0.1) is 0 Å². The Morgan fingerprint density at radius 2 is 2.22 bits per heavy atom. The van der Waals surface area contributed by atoms with E-state index in [1.54, 1.807) is 18.2 Å². The highest BCUT2D eigenvalue weighted by atomic mass is 35.5. The van der Waals surface area contributed by atoms with Gasteiger partial charge in [-0.25, -0.2) is 8.78 Å². The van der Waals surface area contributed by atoms with Crippen molar-refractivity contribution >= 4 is 44.6 Å². The fourth-order valence-corrected chi connectivity index (χ4v) is 2.95. The molecule has 0 fully saturated rings. The van der Waals surface area contributed by atoms with E-state index in [2.05, 4.69) is 5.32 Å².